The van der Waals surface area contributed by atoms with Crippen LogP contribution in [0.15, 0.2) is 18.2 Å². The van der Waals surface area contributed by atoms with Gasteiger partial charge in [0, 0.05) is 24.7 Å². The zero-order chi connectivity index (χ0) is 13.8. The van der Waals surface area contributed by atoms with Crippen molar-refractivity contribution in [1.29, 1.82) is 0 Å². The smallest absolute Gasteiger partial charge is 0.146 e. The third kappa shape index (κ3) is 2.93. The van der Waals surface area contributed by atoms with Crippen LogP contribution < -0.4 is 10.1 Å². The number of benzene rings is 1. The van der Waals surface area contributed by atoms with Crippen LogP contribution in [0.1, 0.15) is 44.6 Å². The van der Waals surface area contributed by atoms with Crippen molar-refractivity contribution < 1.29 is 4.74 Å². The fourth-order valence-electron chi connectivity index (χ4n) is 3.48. The fraction of sp³-hybridized carbons (Fsp3) is 0.647. The molecule has 1 saturated heterocycles. The molecule has 0 aliphatic carbocycles. The predicted octanol–water partition coefficient (Wildman–Crippen LogP) is 3.65. The molecule has 3 nitrogen and oxygen atoms in total. The van der Waals surface area contributed by atoms with Crippen LogP contribution in [0.4, 0.5) is 5.69 Å². The quantitative estimate of drug-likeness (QED) is 0.910. The van der Waals surface area contributed by atoms with Gasteiger partial charge >= 0.3 is 0 Å². The Balaban J connectivity index is 1.79. The van der Waals surface area contributed by atoms with Crippen molar-refractivity contribution in [2.75, 3.05) is 25.0 Å². The molecule has 3 rings (SSSR count). The molecule has 3 heteroatoms. The molecule has 1 aromatic carbocycles. The maximum absolute atomic E-state index is 5.91. The molecule has 1 N–H and O–H groups in total. The second kappa shape index (κ2) is 6.49. The van der Waals surface area contributed by atoms with Gasteiger partial charge in [-0.2, -0.15) is 0 Å². The third-order valence-corrected chi connectivity index (χ3v) is 4.60. The van der Waals surface area contributed by atoms with Crippen LogP contribution in [0.25, 0.3) is 0 Å². The summed E-state index contributed by atoms with van der Waals surface area (Å²) < 4.78 is 5.91. The first kappa shape index (κ1) is 13.7. The summed E-state index contributed by atoms with van der Waals surface area (Å²) in [5.74, 6) is 1.08. The number of nitrogens with zero attached hydrogens (tertiary/aromatic N) is 1. The molecule has 1 fully saturated rings. The Morgan fingerprint density at radius 2 is 2.25 bits per heavy atom. The van der Waals surface area contributed by atoms with E-state index in [4.69, 9.17) is 4.74 Å². The molecule has 20 heavy (non-hydrogen) atoms. The number of fused-ring (bicyclic) bond motifs is 1. The molecule has 110 valence electrons. The highest BCUT2D eigenvalue weighted by molar-refractivity contribution is 5.61. The number of hydrogen-bond acceptors (Lipinski definition) is 3. The summed E-state index contributed by atoms with van der Waals surface area (Å²) in [6.07, 6.45) is 6.72. The van der Waals surface area contributed by atoms with E-state index in [2.05, 4.69) is 35.3 Å². The lowest BCUT2D eigenvalue weighted by Gasteiger charge is -2.31. The number of nitrogens with one attached hydrogen (secondary N) is 1. The standard InChI is InChI=1S/C17H26N2O/c1-2-15-8-4-3-5-11-19(15)13-14-7-6-9-16-17(14)20-12-10-18-16/h6-7,9,15,18H,2-5,8,10-13H2,1H3. The molecule has 0 saturated carbocycles. The maximum Gasteiger partial charge on any atom is 0.146 e. The molecule has 2 aliphatic heterocycles. The van der Waals surface area contributed by atoms with E-state index in [9.17, 15) is 0 Å². The molecule has 0 spiro atoms. The van der Waals surface area contributed by atoms with Gasteiger partial charge in [0.15, 0.2) is 0 Å². The highest BCUT2D eigenvalue weighted by Gasteiger charge is 2.22. The van der Waals surface area contributed by atoms with Gasteiger partial charge in [0.1, 0.15) is 12.4 Å². The summed E-state index contributed by atoms with van der Waals surface area (Å²) in [6, 6.07) is 7.24. The topological polar surface area (TPSA) is 24.5 Å². The second-order valence-electron chi connectivity index (χ2n) is 5.95. The van der Waals surface area contributed by atoms with Crippen LogP contribution in [-0.2, 0) is 6.54 Å². The van der Waals surface area contributed by atoms with Crippen LogP contribution in [0.2, 0.25) is 0 Å². The van der Waals surface area contributed by atoms with Crippen LogP contribution in [-0.4, -0.2) is 30.6 Å². The van der Waals surface area contributed by atoms with E-state index >= 15 is 0 Å². The molecule has 1 aromatic rings. The molecular formula is C17H26N2O. The molecule has 0 aromatic heterocycles. The number of para-hydroxylation sites is 1. The minimum atomic E-state index is 0.741. The summed E-state index contributed by atoms with van der Waals surface area (Å²) in [6.45, 7) is 6.28. The number of likely N-dealkylation sites (tertiary alicyclic amines) is 1. The minimum absolute atomic E-state index is 0.741. The summed E-state index contributed by atoms with van der Waals surface area (Å²) in [5.41, 5.74) is 2.51. The van der Waals surface area contributed by atoms with Crippen molar-refractivity contribution in [2.24, 2.45) is 0 Å². The van der Waals surface area contributed by atoms with Gasteiger partial charge in [0.2, 0.25) is 0 Å². The minimum Gasteiger partial charge on any atom is -0.489 e. The van der Waals surface area contributed by atoms with Gasteiger partial charge in [-0.05, 0) is 31.9 Å². The lowest BCUT2D eigenvalue weighted by atomic mass is 10.1. The van der Waals surface area contributed by atoms with Crippen LogP contribution in [0.5, 0.6) is 5.75 Å². The Labute approximate surface area is 122 Å². The Morgan fingerprint density at radius 3 is 3.15 bits per heavy atom. The Bertz CT molecular complexity index is 447. The first-order valence-corrected chi connectivity index (χ1v) is 8.11. The monoisotopic (exact) mass is 274 g/mol. The Kier molecular flexibility index (Phi) is 4.46. The van der Waals surface area contributed by atoms with E-state index in [1.54, 1.807) is 0 Å². The van der Waals surface area contributed by atoms with Gasteiger partial charge in [-0.15, -0.1) is 0 Å². The lowest BCUT2D eigenvalue weighted by molar-refractivity contribution is 0.183. The summed E-state index contributed by atoms with van der Waals surface area (Å²) in [7, 11) is 0. The number of hydrogen-bond donors (Lipinski definition) is 1. The summed E-state index contributed by atoms with van der Waals surface area (Å²) >= 11 is 0. The lowest BCUT2D eigenvalue weighted by Crippen LogP contribution is -2.34. The molecule has 1 unspecified atom stereocenters. The van der Waals surface area contributed by atoms with Crippen molar-refractivity contribution in [3.63, 3.8) is 0 Å². The van der Waals surface area contributed by atoms with Gasteiger partial charge in [-0.3, -0.25) is 4.90 Å². The molecule has 1 atom stereocenters. The highest BCUT2D eigenvalue weighted by Crippen LogP contribution is 2.33. The van der Waals surface area contributed by atoms with Gasteiger partial charge in [0.25, 0.3) is 0 Å². The summed E-state index contributed by atoms with van der Waals surface area (Å²) in [5, 5.41) is 3.43. The largest absolute Gasteiger partial charge is 0.489 e. The van der Waals surface area contributed by atoms with E-state index < -0.39 is 0 Å². The zero-order valence-electron chi connectivity index (χ0n) is 12.5. The second-order valence-corrected chi connectivity index (χ2v) is 5.95. The average molecular weight is 274 g/mol. The van der Waals surface area contributed by atoms with Gasteiger partial charge in [0.05, 0.1) is 5.69 Å². The maximum atomic E-state index is 5.91. The zero-order valence-corrected chi connectivity index (χ0v) is 12.5. The van der Waals surface area contributed by atoms with Crippen LogP contribution >= 0.6 is 0 Å². The van der Waals surface area contributed by atoms with Gasteiger partial charge < -0.3 is 10.1 Å². The molecule has 0 bridgehead atoms. The number of ether oxygens (including phenoxy) is 1. The average Bonchev–Trinajstić information content (AvgIpc) is 2.72. The first-order valence-electron chi connectivity index (χ1n) is 8.11. The third-order valence-electron chi connectivity index (χ3n) is 4.60. The van der Waals surface area contributed by atoms with E-state index in [-0.39, 0.29) is 0 Å². The molecule has 2 heterocycles. The van der Waals surface area contributed by atoms with E-state index in [1.807, 2.05) is 0 Å². The highest BCUT2D eigenvalue weighted by atomic mass is 16.5. The van der Waals surface area contributed by atoms with E-state index in [0.29, 0.717) is 0 Å². The van der Waals surface area contributed by atoms with Crippen molar-refractivity contribution >= 4 is 5.69 Å². The molecular weight excluding hydrogens is 248 g/mol. The van der Waals surface area contributed by atoms with E-state index in [1.165, 1.54) is 44.2 Å². The van der Waals surface area contributed by atoms with Crippen molar-refractivity contribution in [3.05, 3.63) is 23.8 Å². The number of rotatable bonds is 3. The SMILES string of the molecule is CCC1CCCCCN1Cc1cccc2c1OCCN2. The first-order chi connectivity index (χ1) is 9.88. The van der Waals surface area contributed by atoms with Crippen LogP contribution in [0.3, 0.4) is 0 Å². The van der Waals surface area contributed by atoms with Crippen molar-refractivity contribution in [1.82, 2.24) is 4.90 Å². The number of anilines is 1. The van der Waals surface area contributed by atoms with Crippen LogP contribution in [0, 0.1) is 0 Å². The predicted molar refractivity (Wildman–Crippen MR) is 83.4 cm³/mol. The van der Waals surface area contributed by atoms with Crippen molar-refractivity contribution in [3.8, 4) is 5.75 Å². The van der Waals surface area contributed by atoms with Gasteiger partial charge in [-0.25, -0.2) is 0 Å². The Hall–Kier alpha value is -1.22. The van der Waals surface area contributed by atoms with Crippen molar-refractivity contribution in [2.45, 2.75) is 51.6 Å². The van der Waals surface area contributed by atoms with Gasteiger partial charge in [-0.1, -0.05) is 31.9 Å². The normalized spacial score (nSPS) is 23.4. The summed E-state index contributed by atoms with van der Waals surface area (Å²) in [4.78, 5) is 2.67. The fourth-order valence-corrected chi connectivity index (χ4v) is 3.48. The molecule has 0 radical (unpaired) electrons. The molecule has 2 aliphatic rings. The van der Waals surface area contributed by atoms with E-state index in [0.717, 1.165) is 37.2 Å². The molecule has 0 amide bonds. The Morgan fingerprint density at radius 1 is 1.30 bits per heavy atom.